The molecule has 3 aromatic rings. The third kappa shape index (κ3) is 2.62. The minimum Gasteiger partial charge on any atom is -0.328 e. The molecule has 20 heavy (non-hydrogen) atoms. The van der Waals surface area contributed by atoms with Gasteiger partial charge in [-0.3, -0.25) is 9.97 Å². The van der Waals surface area contributed by atoms with E-state index in [1.54, 1.807) is 12.4 Å². The maximum Gasteiger partial charge on any atom is 0.159 e. The molecule has 0 saturated carbocycles. The standard InChI is InChI=1S/C15H15N5/c1-10(16)6-11-8-19-15(20-9-11)12-2-3-13-14(7-12)18-5-4-17-13/h2-5,7-10H,6,16H2,1H3. The summed E-state index contributed by atoms with van der Waals surface area (Å²) in [5, 5.41) is 0. The highest BCUT2D eigenvalue weighted by Gasteiger charge is 2.05. The van der Waals surface area contributed by atoms with Crippen molar-refractivity contribution in [2.24, 2.45) is 5.73 Å². The van der Waals surface area contributed by atoms with Crippen LogP contribution in [0.25, 0.3) is 22.4 Å². The van der Waals surface area contributed by atoms with E-state index in [4.69, 9.17) is 5.73 Å². The van der Waals surface area contributed by atoms with Crippen molar-refractivity contribution in [3.63, 3.8) is 0 Å². The first-order valence-corrected chi connectivity index (χ1v) is 6.50. The zero-order valence-corrected chi connectivity index (χ0v) is 11.2. The van der Waals surface area contributed by atoms with E-state index in [2.05, 4.69) is 19.9 Å². The summed E-state index contributed by atoms with van der Waals surface area (Å²) in [6.45, 7) is 1.97. The van der Waals surface area contributed by atoms with Gasteiger partial charge in [-0.15, -0.1) is 0 Å². The van der Waals surface area contributed by atoms with Gasteiger partial charge in [0, 0.05) is 36.4 Å². The molecule has 5 heteroatoms. The summed E-state index contributed by atoms with van der Waals surface area (Å²) < 4.78 is 0. The summed E-state index contributed by atoms with van der Waals surface area (Å²) in [4.78, 5) is 17.3. The van der Waals surface area contributed by atoms with Gasteiger partial charge in [0.25, 0.3) is 0 Å². The van der Waals surface area contributed by atoms with Crippen molar-refractivity contribution >= 4 is 11.0 Å². The van der Waals surface area contributed by atoms with Gasteiger partial charge in [0.05, 0.1) is 11.0 Å². The van der Waals surface area contributed by atoms with E-state index in [0.29, 0.717) is 5.82 Å². The molecule has 0 bridgehead atoms. The lowest BCUT2D eigenvalue weighted by molar-refractivity contribution is 0.732. The van der Waals surface area contributed by atoms with Gasteiger partial charge in [0.1, 0.15) is 0 Å². The number of rotatable bonds is 3. The van der Waals surface area contributed by atoms with Gasteiger partial charge in [-0.1, -0.05) is 0 Å². The van der Waals surface area contributed by atoms with E-state index >= 15 is 0 Å². The predicted molar refractivity (Wildman–Crippen MR) is 77.9 cm³/mol. The first-order valence-electron chi connectivity index (χ1n) is 6.50. The molecule has 3 rings (SSSR count). The van der Waals surface area contributed by atoms with Crippen molar-refractivity contribution in [1.29, 1.82) is 0 Å². The van der Waals surface area contributed by atoms with Crippen molar-refractivity contribution in [3.8, 4) is 11.4 Å². The van der Waals surface area contributed by atoms with Gasteiger partial charge >= 0.3 is 0 Å². The normalized spacial score (nSPS) is 12.5. The van der Waals surface area contributed by atoms with E-state index in [0.717, 1.165) is 28.6 Å². The Morgan fingerprint density at radius 1 is 1.00 bits per heavy atom. The second-order valence-electron chi connectivity index (χ2n) is 4.86. The Hall–Kier alpha value is -2.40. The van der Waals surface area contributed by atoms with Crippen LogP contribution in [0.2, 0.25) is 0 Å². The zero-order valence-electron chi connectivity index (χ0n) is 11.2. The largest absolute Gasteiger partial charge is 0.328 e. The highest BCUT2D eigenvalue weighted by molar-refractivity contribution is 5.79. The fraction of sp³-hybridized carbons (Fsp3) is 0.200. The molecule has 2 heterocycles. The van der Waals surface area contributed by atoms with Crippen molar-refractivity contribution in [2.45, 2.75) is 19.4 Å². The number of benzene rings is 1. The Labute approximate surface area is 116 Å². The van der Waals surface area contributed by atoms with Crippen molar-refractivity contribution in [1.82, 2.24) is 19.9 Å². The zero-order chi connectivity index (χ0) is 13.9. The van der Waals surface area contributed by atoms with Gasteiger partial charge in [-0.25, -0.2) is 9.97 Å². The number of nitrogens with zero attached hydrogens (tertiary/aromatic N) is 4. The van der Waals surface area contributed by atoms with Crippen LogP contribution in [-0.4, -0.2) is 26.0 Å². The molecule has 0 radical (unpaired) electrons. The highest BCUT2D eigenvalue weighted by Crippen LogP contribution is 2.19. The van der Waals surface area contributed by atoms with Crippen LogP contribution in [0.4, 0.5) is 0 Å². The third-order valence-corrected chi connectivity index (χ3v) is 2.99. The van der Waals surface area contributed by atoms with Gasteiger partial charge in [0.15, 0.2) is 5.82 Å². The number of hydrogen-bond acceptors (Lipinski definition) is 5. The van der Waals surface area contributed by atoms with Gasteiger partial charge in [-0.05, 0) is 37.1 Å². The number of nitrogens with two attached hydrogens (primary N) is 1. The average Bonchev–Trinajstić information content (AvgIpc) is 2.47. The van der Waals surface area contributed by atoms with Crippen LogP contribution in [0, 0.1) is 0 Å². The minimum absolute atomic E-state index is 0.111. The summed E-state index contributed by atoms with van der Waals surface area (Å²) in [5.74, 6) is 0.686. The minimum atomic E-state index is 0.111. The highest BCUT2D eigenvalue weighted by atomic mass is 14.9. The quantitative estimate of drug-likeness (QED) is 0.783. The van der Waals surface area contributed by atoms with Gasteiger partial charge in [0.2, 0.25) is 0 Å². The monoisotopic (exact) mass is 265 g/mol. The molecule has 1 aromatic carbocycles. The molecule has 1 unspecified atom stereocenters. The molecule has 2 aromatic heterocycles. The second kappa shape index (κ2) is 5.30. The Bertz CT molecular complexity index is 722. The van der Waals surface area contributed by atoms with Crippen LogP contribution in [-0.2, 0) is 6.42 Å². The molecule has 5 nitrogen and oxygen atoms in total. The topological polar surface area (TPSA) is 77.6 Å². The predicted octanol–water partition coefficient (Wildman–Crippen LogP) is 1.98. The molecule has 0 spiro atoms. The van der Waals surface area contributed by atoms with E-state index in [1.807, 2.05) is 37.5 Å². The second-order valence-corrected chi connectivity index (χ2v) is 4.86. The lowest BCUT2D eigenvalue weighted by atomic mass is 10.1. The maximum atomic E-state index is 5.77. The smallest absolute Gasteiger partial charge is 0.159 e. The van der Waals surface area contributed by atoms with Gasteiger partial charge < -0.3 is 5.73 Å². The third-order valence-electron chi connectivity index (χ3n) is 2.99. The van der Waals surface area contributed by atoms with E-state index < -0.39 is 0 Å². The fourth-order valence-corrected chi connectivity index (χ4v) is 2.08. The SMILES string of the molecule is CC(N)Cc1cnc(-c2ccc3nccnc3c2)nc1. The molecule has 1 atom stereocenters. The molecular weight excluding hydrogens is 250 g/mol. The summed E-state index contributed by atoms with van der Waals surface area (Å²) >= 11 is 0. The summed E-state index contributed by atoms with van der Waals surface area (Å²) in [6, 6.07) is 5.94. The first-order chi connectivity index (χ1) is 9.72. The Morgan fingerprint density at radius 2 is 1.70 bits per heavy atom. The molecule has 0 aliphatic carbocycles. The molecule has 0 amide bonds. The Kier molecular flexibility index (Phi) is 3.35. The van der Waals surface area contributed by atoms with Crippen molar-refractivity contribution in [2.75, 3.05) is 0 Å². The molecule has 2 N–H and O–H groups in total. The number of aromatic nitrogens is 4. The summed E-state index contributed by atoms with van der Waals surface area (Å²) in [6.07, 6.45) is 7.79. The van der Waals surface area contributed by atoms with Crippen molar-refractivity contribution < 1.29 is 0 Å². The molecule has 100 valence electrons. The summed E-state index contributed by atoms with van der Waals surface area (Å²) in [5.41, 5.74) is 9.45. The first kappa shape index (κ1) is 12.6. The fourth-order valence-electron chi connectivity index (χ4n) is 2.08. The van der Waals surface area contributed by atoms with Crippen LogP contribution in [0.15, 0.2) is 43.0 Å². The van der Waals surface area contributed by atoms with Crippen LogP contribution < -0.4 is 5.73 Å². The number of fused-ring (bicyclic) bond motifs is 1. The average molecular weight is 265 g/mol. The Morgan fingerprint density at radius 3 is 2.40 bits per heavy atom. The van der Waals surface area contributed by atoms with Crippen LogP contribution in [0.5, 0.6) is 0 Å². The molecule has 0 fully saturated rings. The maximum absolute atomic E-state index is 5.77. The van der Waals surface area contributed by atoms with Crippen LogP contribution >= 0.6 is 0 Å². The molecule has 0 aliphatic rings. The van der Waals surface area contributed by atoms with E-state index in [9.17, 15) is 0 Å². The molecular formula is C15H15N5. The lowest BCUT2D eigenvalue weighted by Gasteiger charge is -2.05. The molecule has 0 aliphatic heterocycles. The van der Waals surface area contributed by atoms with E-state index in [-0.39, 0.29) is 6.04 Å². The van der Waals surface area contributed by atoms with Crippen molar-refractivity contribution in [3.05, 3.63) is 48.5 Å². The Balaban J connectivity index is 1.94. The van der Waals surface area contributed by atoms with Gasteiger partial charge in [-0.2, -0.15) is 0 Å². The molecule has 0 saturated heterocycles. The van der Waals surface area contributed by atoms with Crippen LogP contribution in [0.1, 0.15) is 12.5 Å². The van der Waals surface area contributed by atoms with Crippen LogP contribution in [0.3, 0.4) is 0 Å². The number of hydrogen-bond donors (Lipinski definition) is 1. The summed E-state index contributed by atoms with van der Waals surface area (Å²) in [7, 11) is 0. The lowest BCUT2D eigenvalue weighted by Crippen LogP contribution is -2.18. The van der Waals surface area contributed by atoms with E-state index in [1.165, 1.54) is 0 Å².